The summed E-state index contributed by atoms with van der Waals surface area (Å²) < 4.78 is 4.75. The van der Waals surface area contributed by atoms with Gasteiger partial charge in [-0.15, -0.1) is 0 Å². The average Bonchev–Trinajstić information content (AvgIpc) is 2.27. The summed E-state index contributed by atoms with van der Waals surface area (Å²) in [6.45, 7) is 6.11. The van der Waals surface area contributed by atoms with Crippen LogP contribution in [0.5, 0.6) is 0 Å². The summed E-state index contributed by atoms with van der Waals surface area (Å²) in [6.07, 6.45) is 0. The minimum atomic E-state index is -0.639. The van der Waals surface area contributed by atoms with Crippen LogP contribution in [0, 0.1) is 5.41 Å². The lowest BCUT2D eigenvalue weighted by Gasteiger charge is -2.38. The van der Waals surface area contributed by atoms with Crippen LogP contribution in [0.4, 0.5) is 0 Å². The van der Waals surface area contributed by atoms with E-state index in [1.165, 1.54) is 7.11 Å². The van der Waals surface area contributed by atoms with Crippen molar-refractivity contribution in [3.63, 3.8) is 0 Å². The molecule has 0 aromatic carbocycles. The number of carbonyl (C=O) groups excluding carboxylic acids is 2. The van der Waals surface area contributed by atoms with Gasteiger partial charge in [0.15, 0.2) is 0 Å². The van der Waals surface area contributed by atoms with Crippen LogP contribution in [0.15, 0.2) is 0 Å². The second kappa shape index (κ2) is 5.46. The fourth-order valence-electron chi connectivity index (χ4n) is 2.06. The van der Waals surface area contributed by atoms with Crippen molar-refractivity contribution in [2.75, 3.05) is 33.3 Å². The maximum atomic E-state index is 11.6. The number of hydrogen-bond acceptors (Lipinski definition) is 5. The fraction of sp³-hybridized carbons (Fsp3) is 0.818. The number of carbonyl (C=O) groups is 2. The molecule has 0 aromatic heterocycles. The van der Waals surface area contributed by atoms with Gasteiger partial charge in [0, 0.05) is 26.2 Å². The van der Waals surface area contributed by atoms with Gasteiger partial charge in [0.2, 0.25) is 5.91 Å². The van der Waals surface area contributed by atoms with Gasteiger partial charge in [-0.1, -0.05) is 0 Å². The number of amides is 1. The van der Waals surface area contributed by atoms with Crippen LogP contribution >= 0.6 is 0 Å². The van der Waals surface area contributed by atoms with Gasteiger partial charge in [-0.25, -0.2) is 0 Å². The lowest BCUT2D eigenvalue weighted by molar-refractivity contribution is -0.153. The third-order valence-corrected chi connectivity index (χ3v) is 3.02. The van der Waals surface area contributed by atoms with E-state index < -0.39 is 5.41 Å². The zero-order valence-electron chi connectivity index (χ0n) is 10.7. The van der Waals surface area contributed by atoms with Gasteiger partial charge < -0.3 is 15.8 Å². The predicted octanol–water partition coefficient (Wildman–Crippen LogP) is -1.06. The third kappa shape index (κ3) is 3.41. The van der Waals surface area contributed by atoms with Crippen LogP contribution in [-0.2, 0) is 14.3 Å². The molecule has 1 amide bonds. The normalized spacial score (nSPS) is 22.2. The first-order chi connectivity index (χ1) is 7.88. The summed E-state index contributed by atoms with van der Waals surface area (Å²) in [5.41, 5.74) is 4.71. The van der Waals surface area contributed by atoms with Gasteiger partial charge in [0.1, 0.15) is 6.04 Å². The Bertz CT molecular complexity index is 304. The highest BCUT2D eigenvalue weighted by Crippen LogP contribution is 2.20. The molecule has 1 saturated heterocycles. The molecular weight excluding hydrogens is 222 g/mol. The molecule has 6 nitrogen and oxygen atoms in total. The predicted molar refractivity (Wildman–Crippen MR) is 63.2 cm³/mol. The van der Waals surface area contributed by atoms with E-state index in [2.05, 4.69) is 5.32 Å². The van der Waals surface area contributed by atoms with Gasteiger partial charge in [0.25, 0.3) is 0 Å². The standard InChI is InChI=1S/C11H21N3O3/c1-11(2,10(16)17-3)7-14-5-4-13-6-8(14)9(12)15/h8,13H,4-7H2,1-3H3,(H2,12,15). The van der Waals surface area contributed by atoms with Crippen molar-refractivity contribution in [3.8, 4) is 0 Å². The summed E-state index contributed by atoms with van der Waals surface area (Å²) >= 11 is 0. The maximum Gasteiger partial charge on any atom is 0.312 e. The molecule has 1 atom stereocenters. The molecule has 3 N–H and O–H groups in total. The number of nitrogens with one attached hydrogen (secondary N) is 1. The molecule has 98 valence electrons. The first-order valence-electron chi connectivity index (χ1n) is 5.71. The molecule has 0 bridgehead atoms. The Labute approximate surface area is 101 Å². The summed E-state index contributed by atoms with van der Waals surface area (Å²) in [7, 11) is 1.37. The van der Waals surface area contributed by atoms with E-state index in [-0.39, 0.29) is 17.9 Å². The molecule has 1 unspecified atom stereocenters. The summed E-state index contributed by atoms with van der Waals surface area (Å²) in [6, 6.07) is -0.354. The van der Waals surface area contributed by atoms with E-state index in [9.17, 15) is 9.59 Å². The first-order valence-corrected chi connectivity index (χ1v) is 5.71. The number of nitrogens with two attached hydrogens (primary N) is 1. The smallest absolute Gasteiger partial charge is 0.312 e. The highest BCUT2D eigenvalue weighted by molar-refractivity contribution is 5.80. The molecular formula is C11H21N3O3. The average molecular weight is 243 g/mol. The molecule has 0 spiro atoms. The highest BCUT2D eigenvalue weighted by atomic mass is 16.5. The highest BCUT2D eigenvalue weighted by Gasteiger charge is 2.36. The molecule has 0 saturated carbocycles. The van der Waals surface area contributed by atoms with Crippen molar-refractivity contribution in [2.24, 2.45) is 11.1 Å². The Morgan fingerprint density at radius 2 is 2.18 bits per heavy atom. The number of rotatable bonds is 4. The lowest BCUT2D eigenvalue weighted by atomic mass is 9.92. The van der Waals surface area contributed by atoms with Gasteiger partial charge >= 0.3 is 5.97 Å². The van der Waals surface area contributed by atoms with Crippen molar-refractivity contribution >= 4 is 11.9 Å². The maximum absolute atomic E-state index is 11.6. The fourth-order valence-corrected chi connectivity index (χ4v) is 2.06. The zero-order chi connectivity index (χ0) is 13.1. The number of methoxy groups -OCH3 is 1. The van der Waals surface area contributed by atoms with E-state index >= 15 is 0 Å². The summed E-state index contributed by atoms with van der Waals surface area (Å²) in [5.74, 6) is -0.642. The lowest BCUT2D eigenvalue weighted by Crippen LogP contribution is -2.59. The molecule has 0 aliphatic carbocycles. The SMILES string of the molecule is COC(=O)C(C)(C)CN1CCNCC1C(N)=O. The number of ether oxygens (including phenoxy) is 1. The van der Waals surface area contributed by atoms with Crippen LogP contribution in [0.3, 0.4) is 0 Å². The molecule has 1 fully saturated rings. The molecule has 6 heteroatoms. The summed E-state index contributed by atoms with van der Waals surface area (Å²) in [4.78, 5) is 24.9. The minimum absolute atomic E-state index is 0.278. The van der Waals surface area contributed by atoms with Crippen molar-refractivity contribution < 1.29 is 14.3 Å². The Balaban J connectivity index is 2.70. The Morgan fingerprint density at radius 3 is 2.71 bits per heavy atom. The Morgan fingerprint density at radius 1 is 1.53 bits per heavy atom. The largest absolute Gasteiger partial charge is 0.469 e. The van der Waals surface area contributed by atoms with Crippen molar-refractivity contribution in [2.45, 2.75) is 19.9 Å². The van der Waals surface area contributed by atoms with Crippen LogP contribution in [0.1, 0.15) is 13.8 Å². The number of nitrogens with zero attached hydrogens (tertiary/aromatic N) is 1. The van der Waals surface area contributed by atoms with E-state index in [1.807, 2.05) is 4.90 Å². The van der Waals surface area contributed by atoms with Crippen LogP contribution in [0.2, 0.25) is 0 Å². The number of esters is 1. The second-order valence-electron chi connectivity index (χ2n) is 4.97. The van der Waals surface area contributed by atoms with Gasteiger partial charge in [0.05, 0.1) is 12.5 Å². The molecule has 1 aliphatic heterocycles. The van der Waals surface area contributed by atoms with Crippen LogP contribution in [-0.4, -0.2) is 56.1 Å². The number of primary amides is 1. The van der Waals surface area contributed by atoms with Crippen molar-refractivity contribution in [3.05, 3.63) is 0 Å². The topological polar surface area (TPSA) is 84.7 Å². The minimum Gasteiger partial charge on any atom is -0.469 e. The van der Waals surface area contributed by atoms with E-state index in [0.717, 1.165) is 6.54 Å². The molecule has 0 aromatic rings. The molecule has 1 rings (SSSR count). The van der Waals surface area contributed by atoms with E-state index in [4.69, 9.17) is 10.5 Å². The number of hydrogen-bond donors (Lipinski definition) is 2. The summed E-state index contributed by atoms with van der Waals surface area (Å²) in [5, 5.41) is 3.12. The van der Waals surface area contributed by atoms with E-state index in [1.54, 1.807) is 13.8 Å². The number of piperazine rings is 1. The van der Waals surface area contributed by atoms with Crippen molar-refractivity contribution in [1.29, 1.82) is 0 Å². The Hall–Kier alpha value is -1.14. The third-order valence-electron chi connectivity index (χ3n) is 3.02. The second-order valence-corrected chi connectivity index (χ2v) is 4.97. The monoisotopic (exact) mass is 243 g/mol. The molecule has 17 heavy (non-hydrogen) atoms. The van der Waals surface area contributed by atoms with Gasteiger partial charge in [-0.05, 0) is 13.8 Å². The van der Waals surface area contributed by atoms with Crippen molar-refractivity contribution in [1.82, 2.24) is 10.2 Å². The Kier molecular flexibility index (Phi) is 4.47. The molecule has 1 aliphatic rings. The molecule has 0 radical (unpaired) electrons. The van der Waals surface area contributed by atoms with Crippen LogP contribution < -0.4 is 11.1 Å². The first kappa shape index (κ1) is 13.9. The van der Waals surface area contributed by atoms with E-state index in [0.29, 0.717) is 19.6 Å². The van der Waals surface area contributed by atoms with Crippen LogP contribution in [0.25, 0.3) is 0 Å². The molecule has 1 heterocycles. The quantitative estimate of drug-likeness (QED) is 0.615. The van der Waals surface area contributed by atoms with Gasteiger partial charge in [-0.3, -0.25) is 14.5 Å². The zero-order valence-corrected chi connectivity index (χ0v) is 10.7. The van der Waals surface area contributed by atoms with Gasteiger partial charge in [-0.2, -0.15) is 0 Å².